The second kappa shape index (κ2) is 6.43. The lowest BCUT2D eigenvalue weighted by Gasteiger charge is -2.13. The summed E-state index contributed by atoms with van der Waals surface area (Å²) in [7, 11) is 0. The molecule has 1 heterocycles. The molecular formula is C16H21N3O2. The first-order chi connectivity index (χ1) is 10.0. The summed E-state index contributed by atoms with van der Waals surface area (Å²) in [5.41, 5.74) is 2.61. The van der Waals surface area contributed by atoms with Crippen molar-refractivity contribution in [1.29, 1.82) is 0 Å². The Morgan fingerprint density at radius 1 is 1.38 bits per heavy atom. The van der Waals surface area contributed by atoms with Gasteiger partial charge in [0, 0.05) is 17.8 Å². The van der Waals surface area contributed by atoms with Crippen molar-refractivity contribution in [2.45, 2.75) is 33.7 Å². The maximum atomic E-state index is 12.3. The number of carbonyl (C=O) groups excluding carboxylic acids is 1. The summed E-state index contributed by atoms with van der Waals surface area (Å²) in [4.78, 5) is 16.5. The second-order valence-electron chi connectivity index (χ2n) is 5.06. The lowest BCUT2D eigenvalue weighted by molar-refractivity contribution is 0.0933. The molecule has 0 fully saturated rings. The molecule has 21 heavy (non-hydrogen) atoms. The normalized spacial score (nSPS) is 12.0. The van der Waals surface area contributed by atoms with Gasteiger partial charge in [0.1, 0.15) is 11.8 Å². The van der Waals surface area contributed by atoms with E-state index in [-0.39, 0.29) is 11.9 Å². The quantitative estimate of drug-likeness (QED) is 0.886. The minimum atomic E-state index is -0.265. The number of hydrogen-bond acceptors (Lipinski definition) is 4. The van der Waals surface area contributed by atoms with Gasteiger partial charge in [0.05, 0.1) is 6.20 Å². The van der Waals surface area contributed by atoms with Gasteiger partial charge in [-0.3, -0.25) is 4.79 Å². The van der Waals surface area contributed by atoms with Crippen LogP contribution >= 0.6 is 0 Å². The highest BCUT2D eigenvalue weighted by atomic mass is 16.4. The third-order valence-electron chi connectivity index (χ3n) is 3.21. The molecule has 0 bridgehead atoms. The van der Waals surface area contributed by atoms with Gasteiger partial charge in [0.2, 0.25) is 5.89 Å². The first kappa shape index (κ1) is 15.1. The van der Waals surface area contributed by atoms with E-state index in [1.807, 2.05) is 45.9 Å². The molecule has 2 aromatic rings. The summed E-state index contributed by atoms with van der Waals surface area (Å²) < 4.78 is 5.43. The van der Waals surface area contributed by atoms with Crippen molar-refractivity contribution in [2.75, 3.05) is 11.9 Å². The monoisotopic (exact) mass is 287 g/mol. The highest BCUT2D eigenvalue weighted by Gasteiger charge is 2.16. The van der Waals surface area contributed by atoms with Crippen LogP contribution in [-0.2, 0) is 0 Å². The Labute approximate surface area is 124 Å². The van der Waals surface area contributed by atoms with E-state index >= 15 is 0 Å². The van der Waals surface area contributed by atoms with Gasteiger partial charge < -0.3 is 15.1 Å². The predicted octanol–water partition coefficient (Wildman–Crippen LogP) is 3.21. The first-order valence-electron chi connectivity index (χ1n) is 7.09. The van der Waals surface area contributed by atoms with E-state index in [9.17, 15) is 4.79 Å². The van der Waals surface area contributed by atoms with Gasteiger partial charge in [-0.15, -0.1) is 0 Å². The van der Waals surface area contributed by atoms with E-state index < -0.39 is 0 Å². The van der Waals surface area contributed by atoms with Crippen molar-refractivity contribution in [2.24, 2.45) is 0 Å². The number of aryl methyl sites for hydroxylation is 2. The van der Waals surface area contributed by atoms with Crippen LogP contribution in [0.15, 0.2) is 28.8 Å². The number of aromatic nitrogens is 1. The topological polar surface area (TPSA) is 67.2 Å². The van der Waals surface area contributed by atoms with E-state index in [0.29, 0.717) is 11.5 Å². The molecule has 0 aliphatic carbocycles. The van der Waals surface area contributed by atoms with Crippen molar-refractivity contribution in [3.05, 3.63) is 47.2 Å². The molecule has 1 aromatic carbocycles. The van der Waals surface area contributed by atoms with Crippen molar-refractivity contribution < 1.29 is 9.21 Å². The molecule has 2 rings (SSSR count). The van der Waals surface area contributed by atoms with Gasteiger partial charge in [-0.05, 0) is 51.5 Å². The molecule has 2 N–H and O–H groups in total. The number of hydrogen-bond donors (Lipinski definition) is 2. The van der Waals surface area contributed by atoms with Crippen molar-refractivity contribution in [3.63, 3.8) is 0 Å². The zero-order valence-electron chi connectivity index (χ0n) is 12.9. The average molecular weight is 287 g/mol. The number of nitrogens with one attached hydrogen (secondary N) is 2. The van der Waals surface area contributed by atoms with Crippen LogP contribution in [0, 0.1) is 13.8 Å². The Morgan fingerprint density at radius 3 is 2.71 bits per heavy atom. The van der Waals surface area contributed by atoms with E-state index in [2.05, 4.69) is 15.6 Å². The molecular weight excluding hydrogens is 266 g/mol. The Kier molecular flexibility index (Phi) is 4.62. The fraction of sp³-hybridized carbons (Fsp3) is 0.375. The average Bonchev–Trinajstić information content (AvgIpc) is 2.86. The maximum Gasteiger partial charge on any atom is 0.252 e. The van der Waals surface area contributed by atoms with E-state index in [0.717, 1.165) is 23.6 Å². The maximum absolute atomic E-state index is 12.3. The Bertz CT molecular complexity index is 634. The number of rotatable bonds is 5. The van der Waals surface area contributed by atoms with Gasteiger partial charge >= 0.3 is 0 Å². The highest BCUT2D eigenvalue weighted by molar-refractivity contribution is 5.96. The van der Waals surface area contributed by atoms with Gasteiger partial charge in [-0.25, -0.2) is 4.98 Å². The van der Waals surface area contributed by atoms with Gasteiger partial charge in [0.15, 0.2) is 0 Å². The highest BCUT2D eigenvalue weighted by Crippen LogP contribution is 2.17. The van der Waals surface area contributed by atoms with E-state index in [1.165, 1.54) is 0 Å². The predicted molar refractivity (Wildman–Crippen MR) is 82.5 cm³/mol. The van der Waals surface area contributed by atoms with Crippen LogP contribution in [0.5, 0.6) is 0 Å². The smallest absolute Gasteiger partial charge is 0.252 e. The molecule has 0 spiro atoms. The lowest BCUT2D eigenvalue weighted by Crippen LogP contribution is -2.27. The molecule has 1 aromatic heterocycles. The fourth-order valence-electron chi connectivity index (χ4n) is 2.14. The zero-order valence-corrected chi connectivity index (χ0v) is 12.9. The van der Waals surface area contributed by atoms with E-state index in [1.54, 1.807) is 6.20 Å². The molecule has 0 saturated heterocycles. The Balaban J connectivity index is 2.09. The molecule has 1 unspecified atom stereocenters. The fourth-order valence-corrected chi connectivity index (χ4v) is 2.14. The van der Waals surface area contributed by atoms with Crippen LogP contribution in [0.1, 0.15) is 47.5 Å². The minimum absolute atomic E-state index is 0.126. The summed E-state index contributed by atoms with van der Waals surface area (Å²) >= 11 is 0. The number of oxazole rings is 1. The summed E-state index contributed by atoms with van der Waals surface area (Å²) in [6.07, 6.45) is 1.65. The number of nitrogens with zero attached hydrogens (tertiary/aromatic N) is 1. The molecule has 5 heteroatoms. The summed E-state index contributed by atoms with van der Waals surface area (Å²) in [6, 6.07) is 5.44. The zero-order chi connectivity index (χ0) is 15.4. The van der Waals surface area contributed by atoms with Crippen molar-refractivity contribution in [1.82, 2.24) is 10.3 Å². The van der Waals surface area contributed by atoms with Crippen molar-refractivity contribution in [3.8, 4) is 0 Å². The second-order valence-corrected chi connectivity index (χ2v) is 5.06. The third-order valence-corrected chi connectivity index (χ3v) is 3.21. The van der Waals surface area contributed by atoms with Crippen LogP contribution in [-0.4, -0.2) is 17.4 Å². The standard InChI is InChI=1S/C16H21N3O2/c1-5-17-13-6-7-14(10(2)8-13)15(20)19-12(4)16-18-9-11(3)21-16/h6-9,12,17H,5H2,1-4H3,(H,19,20). The van der Waals surface area contributed by atoms with Crippen LogP contribution in [0.3, 0.4) is 0 Å². The summed E-state index contributed by atoms with van der Waals surface area (Å²) in [5, 5.41) is 6.13. The molecule has 0 saturated carbocycles. The minimum Gasteiger partial charge on any atom is -0.444 e. The SMILES string of the molecule is CCNc1ccc(C(=O)NC(C)c2ncc(C)o2)c(C)c1. The Morgan fingerprint density at radius 2 is 2.14 bits per heavy atom. The first-order valence-corrected chi connectivity index (χ1v) is 7.09. The van der Waals surface area contributed by atoms with Crippen LogP contribution in [0.4, 0.5) is 5.69 Å². The Hall–Kier alpha value is -2.30. The lowest BCUT2D eigenvalue weighted by atomic mass is 10.1. The molecule has 112 valence electrons. The van der Waals surface area contributed by atoms with Crippen LogP contribution in [0.25, 0.3) is 0 Å². The molecule has 0 aliphatic rings. The van der Waals surface area contributed by atoms with Gasteiger partial charge in [-0.1, -0.05) is 0 Å². The summed E-state index contributed by atoms with van der Waals surface area (Å²) in [5.74, 6) is 1.12. The number of carbonyl (C=O) groups is 1. The molecule has 1 atom stereocenters. The number of anilines is 1. The number of benzene rings is 1. The summed E-state index contributed by atoms with van der Waals surface area (Å²) in [6.45, 7) is 8.50. The van der Waals surface area contributed by atoms with Crippen molar-refractivity contribution >= 4 is 11.6 Å². The number of amides is 1. The largest absolute Gasteiger partial charge is 0.444 e. The van der Waals surface area contributed by atoms with E-state index in [4.69, 9.17) is 4.42 Å². The van der Waals surface area contributed by atoms with Gasteiger partial charge in [-0.2, -0.15) is 0 Å². The van der Waals surface area contributed by atoms with Crippen LogP contribution < -0.4 is 10.6 Å². The molecule has 0 aliphatic heterocycles. The third kappa shape index (κ3) is 3.62. The molecule has 0 radical (unpaired) electrons. The van der Waals surface area contributed by atoms with Crippen LogP contribution in [0.2, 0.25) is 0 Å². The van der Waals surface area contributed by atoms with Gasteiger partial charge in [0.25, 0.3) is 5.91 Å². The molecule has 1 amide bonds. The molecule has 5 nitrogen and oxygen atoms in total.